The van der Waals surface area contributed by atoms with Crippen LogP contribution >= 0.6 is 12.2 Å². The van der Waals surface area contributed by atoms with E-state index in [1.165, 1.54) is 44.2 Å². The second kappa shape index (κ2) is 6.10. The number of hydrogen-bond acceptors (Lipinski definition) is 3. The lowest BCUT2D eigenvalue weighted by Crippen LogP contribution is -2.40. The zero-order valence-corrected chi connectivity index (χ0v) is 11.9. The van der Waals surface area contributed by atoms with Gasteiger partial charge in [0.2, 0.25) is 0 Å². The number of nitrogens with zero attached hydrogens (tertiary/aromatic N) is 1. The van der Waals surface area contributed by atoms with Crippen molar-refractivity contribution in [3.8, 4) is 11.5 Å². The van der Waals surface area contributed by atoms with Gasteiger partial charge in [-0.15, -0.1) is 0 Å². The standard InChI is InChI=1S/C14H20N2O2S/c1-16(10-5-3-2-4-6-10)14(19)15-12-8-7-11(17)9-13(12)18/h7-10,17-18H,2-6H2,1H3,(H,15,19). The summed E-state index contributed by atoms with van der Waals surface area (Å²) in [6.45, 7) is 0. The van der Waals surface area contributed by atoms with Crippen molar-refractivity contribution in [3.05, 3.63) is 18.2 Å². The fourth-order valence-electron chi connectivity index (χ4n) is 2.46. The van der Waals surface area contributed by atoms with Crippen LogP contribution in [0.4, 0.5) is 5.69 Å². The van der Waals surface area contributed by atoms with Crippen LogP contribution in [0.2, 0.25) is 0 Å². The number of phenols is 2. The van der Waals surface area contributed by atoms with Crippen molar-refractivity contribution in [2.75, 3.05) is 12.4 Å². The second-order valence-electron chi connectivity index (χ2n) is 5.03. The van der Waals surface area contributed by atoms with Crippen LogP contribution in [0.1, 0.15) is 32.1 Å². The van der Waals surface area contributed by atoms with Gasteiger partial charge in [0.15, 0.2) is 5.11 Å². The van der Waals surface area contributed by atoms with Crippen LogP contribution in [0.3, 0.4) is 0 Å². The Balaban J connectivity index is 1.99. The third-order valence-electron chi connectivity index (χ3n) is 3.67. The van der Waals surface area contributed by atoms with Crippen molar-refractivity contribution >= 4 is 23.0 Å². The Bertz CT molecular complexity index is 459. The number of hydrogen-bond donors (Lipinski definition) is 3. The monoisotopic (exact) mass is 280 g/mol. The molecular weight excluding hydrogens is 260 g/mol. The van der Waals surface area contributed by atoms with Gasteiger partial charge in [0.1, 0.15) is 11.5 Å². The number of nitrogens with one attached hydrogen (secondary N) is 1. The highest BCUT2D eigenvalue weighted by atomic mass is 32.1. The maximum Gasteiger partial charge on any atom is 0.173 e. The van der Waals surface area contributed by atoms with Crippen LogP contribution in [0.5, 0.6) is 11.5 Å². The van der Waals surface area contributed by atoms with Gasteiger partial charge in [0, 0.05) is 19.2 Å². The van der Waals surface area contributed by atoms with E-state index in [-0.39, 0.29) is 11.5 Å². The highest BCUT2D eigenvalue weighted by molar-refractivity contribution is 7.80. The van der Waals surface area contributed by atoms with Crippen LogP contribution < -0.4 is 5.32 Å². The first-order valence-corrected chi connectivity index (χ1v) is 7.04. The predicted octanol–water partition coefficient (Wildman–Crippen LogP) is 3.06. The SMILES string of the molecule is CN(C(=S)Nc1ccc(O)cc1O)C1CCCCC1. The molecule has 0 aromatic heterocycles. The molecule has 1 saturated carbocycles. The molecule has 0 amide bonds. The lowest BCUT2D eigenvalue weighted by Gasteiger charge is -2.33. The molecule has 3 N–H and O–H groups in total. The smallest absolute Gasteiger partial charge is 0.173 e. The van der Waals surface area contributed by atoms with E-state index >= 15 is 0 Å². The molecule has 2 rings (SSSR count). The van der Waals surface area contributed by atoms with Gasteiger partial charge in [-0.1, -0.05) is 19.3 Å². The minimum atomic E-state index is -0.000561. The van der Waals surface area contributed by atoms with Crippen molar-refractivity contribution in [3.63, 3.8) is 0 Å². The van der Waals surface area contributed by atoms with E-state index in [0.29, 0.717) is 16.8 Å². The minimum absolute atomic E-state index is 0.000561. The maximum absolute atomic E-state index is 9.73. The van der Waals surface area contributed by atoms with Gasteiger partial charge >= 0.3 is 0 Å². The molecule has 19 heavy (non-hydrogen) atoms. The molecule has 1 aromatic rings. The number of rotatable bonds is 2. The second-order valence-corrected chi connectivity index (χ2v) is 5.42. The molecule has 0 saturated heterocycles. The van der Waals surface area contributed by atoms with Crippen LogP contribution in [0.15, 0.2) is 18.2 Å². The first-order valence-electron chi connectivity index (χ1n) is 6.63. The van der Waals surface area contributed by atoms with E-state index in [0.717, 1.165) is 0 Å². The fraction of sp³-hybridized carbons (Fsp3) is 0.500. The summed E-state index contributed by atoms with van der Waals surface area (Å²) in [6, 6.07) is 4.91. The normalized spacial score (nSPS) is 16.1. The van der Waals surface area contributed by atoms with Gasteiger partial charge in [-0.2, -0.15) is 0 Å². The van der Waals surface area contributed by atoms with Crippen LogP contribution in [-0.4, -0.2) is 33.3 Å². The number of phenolic OH excluding ortho intramolecular Hbond substituents is 2. The van der Waals surface area contributed by atoms with E-state index < -0.39 is 0 Å². The average Bonchev–Trinajstić information content (AvgIpc) is 2.42. The van der Waals surface area contributed by atoms with Crippen molar-refractivity contribution in [2.24, 2.45) is 0 Å². The molecule has 0 unspecified atom stereocenters. The van der Waals surface area contributed by atoms with Gasteiger partial charge in [0.05, 0.1) is 5.69 Å². The Morgan fingerprint density at radius 1 is 1.26 bits per heavy atom. The molecule has 1 aliphatic rings. The molecular formula is C14H20N2O2S. The van der Waals surface area contributed by atoms with E-state index in [1.807, 2.05) is 7.05 Å². The van der Waals surface area contributed by atoms with Crippen molar-refractivity contribution in [2.45, 2.75) is 38.1 Å². The highest BCUT2D eigenvalue weighted by Gasteiger charge is 2.20. The first-order chi connectivity index (χ1) is 9.08. The molecule has 4 nitrogen and oxygen atoms in total. The molecule has 1 aromatic carbocycles. The van der Waals surface area contributed by atoms with Crippen LogP contribution in [0.25, 0.3) is 0 Å². The molecule has 0 bridgehead atoms. The van der Waals surface area contributed by atoms with Gasteiger partial charge in [0.25, 0.3) is 0 Å². The Labute approximate surface area is 119 Å². The van der Waals surface area contributed by atoms with Crippen LogP contribution in [0, 0.1) is 0 Å². The summed E-state index contributed by atoms with van der Waals surface area (Å²) in [5.41, 5.74) is 0.519. The largest absolute Gasteiger partial charge is 0.508 e. The summed E-state index contributed by atoms with van der Waals surface area (Å²) >= 11 is 5.37. The molecule has 0 spiro atoms. The van der Waals surface area contributed by atoms with E-state index in [4.69, 9.17) is 12.2 Å². The summed E-state index contributed by atoms with van der Waals surface area (Å²) in [5.74, 6) is 0.0361. The molecule has 0 aliphatic heterocycles. The Morgan fingerprint density at radius 2 is 1.95 bits per heavy atom. The third-order valence-corrected chi connectivity index (χ3v) is 4.06. The van der Waals surface area contributed by atoms with Crippen molar-refractivity contribution < 1.29 is 10.2 Å². The van der Waals surface area contributed by atoms with Crippen molar-refractivity contribution in [1.82, 2.24) is 4.90 Å². The first kappa shape index (κ1) is 13.9. The van der Waals surface area contributed by atoms with Crippen molar-refractivity contribution in [1.29, 1.82) is 0 Å². The molecule has 0 radical (unpaired) electrons. The number of aromatic hydroxyl groups is 2. The molecule has 1 fully saturated rings. The lowest BCUT2D eigenvalue weighted by molar-refractivity contribution is 0.281. The molecule has 1 aliphatic carbocycles. The number of benzene rings is 1. The molecule has 104 valence electrons. The third kappa shape index (κ3) is 3.50. The Morgan fingerprint density at radius 3 is 2.58 bits per heavy atom. The van der Waals surface area contributed by atoms with Crippen LogP contribution in [-0.2, 0) is 0 Å². The summed E-state index contributed by atoms with van der Waals surface area (Å²) in [6.07, 6.45) is 6.15. The summed E-state index contributed by atoms with van der Waals surface area (Å²) < 4.78 is 0. The average molecular weight is 280 g/mol. The summed E-state index contributed by atoms with van der Waals surface area (Å²) in [4.78, 5) is 2.07. The predicted molar refractivity (Wildman–Crippen MR) is 80.6 cm³/mol. The summed E-state index contributed by atoms with van der Waals surface area (Å²) in [5, 5.41) is 22.6. The fourth-order valence-corrected chi connectivity index (χ4v) is 2.72. The zero-order valence-electron chi connectivity index (χ0n) is 11.1. The maximum atomic E-state index is 9.73. The molecule has 5 heteroatoms. The van der Waals surface area contributed by atoms with Gasteiger partial charge < -0.3 is 20.4 Å². The Hall–Kier alpha value is -1.49. The lowest BCUT2D eigenvalue weighted by atomic mass is 9.95. The van der Waals surface area contributed by atoms with Gasteiger partial charge in [-0.25, -0.2) is 0 Å². The van der Waals surface area contributed by atoms with Gasteiger partial charge in [-0.3, -0.25) is 0 Å². The molecule has 0 atom stereocenters. The highest BCUT2D eigenvalue weighted by Crippen LogP contribution is 2.28. The number of anilines is 1. The Kier molecular flexibility index (Phi) is 4.47. The number of thiocarbonyl (C=S) groups is 1. The topological polar surface area (TPSA) is 55.7 Å². The van der Waals surface area contributed by atoms with E-state index in [9.17, 15) is 10.2 Å². The van der Waals surface area contributed by atoms with E-state index in [1.54, 1.807) is 6.07 Å². The molecule has 0 heterocycles. The summed E-state index contributed by atoms with van der Waals surface area (Å²) in [7, 11) is 1.99. The van der Waals surface area contributed by atoms with E-state index in [2.05, 4.69) is 10.2 Å². The van der Waals surface area contributed by atoms with Gasteiger partial charge in [-0.05, 0) is 37.2 Å². The minimum Gasteiger partial charge on any atom is -0.508 e. The quantitative estimate of drug-likeness (QED) is 0.441. The zero-order chi connectivity index (χ0) is 13.8.